The van der Waals surface area contributed by atoms with Crippen molar-refractivity contribution < 1.29 is 19.1 Å². The molecule has 3 rings (SSSR count). The summed E-state index contributed by atoms with van der Waals surface area (Å²) in [5, 5.41) is 2.74. The molecule has 0 aliphatic rings. The molecular weight excluding hydrogens is 380 g/mol. The van der Waals surface area contributed by atoms with Gasteiger partial charge in [-0.25, -0.2) is 4.79 Å². The number of anilines is 1. The summed E-state index contributed by atoms with van der Waals surface area (Å²) in [4.78, 5) is 25.2. The van der Waals surface area contributed by atoms with E-state index >= 15 is 0 Å². The maximum Gasteiger partial charge on any atom is 0.340 e. The zero-order chi connectivity index (χ0) is 21.7. The number of aryl methyl sites for hydroxylation is 1. The number of ether oxygens (including phenoxy) is 2. The minimum Gasteiger partial charge on any atom is -0.495 e. The Morgan fingerprint density at radius 3 is 2.40 bits per heavy atom. The van der Waals surface area contributed by atoms with Crippen molar-refractivity contribution in [2.45, 2.75) is 33.4 Å². The van der Waals surface area contributed by atoms with Crippen molar-refractivity contribution in [3.05, 3.63) is 83.2 Å². The molecule has 0 aliphatic heterocycles. The van der Waals surface area contributed by atoms with E-state index in [0.29, 0.717) is 23.5 Å². The van der Waals surface area contributed by atoms with E-state index in [1.807, 2.05) is 50.2 Å². The van der Waals surface area contributed by atoms with E-state index in [1.165, 1.54) is 7.11 Å². The lowest BCUT2D eigenvalue weighted by molar-refractivity contribution is -0.123. The highest BCUT2D eigenvalue weighted by Crippen LogP contribution is 2.24. The number of amides is 1. The van der Waals surface area contributed by atoms with Gasteiger partial charge >= 0.3 is 5.97 Å². The van der Waals surface area contributed by atoms with Crippen molar-refractivity contribution in [2.24, 2.45) is 0 Å². The molecule has 0 saturated carbocycles. The average molecular weight is 406 g/mol. The van der Waals surface area contributed by atoms with E-state index in [4.69, 9.17) is 9.47 Å². The highest BCUT2D eigenvalue weighted by Gasteiger charge is 2.23. The predicted molar refractivity (Wildman–Crippen MR) is 116 cm³/mol. The summed E-state index contributed by atoms with van der Waals surface area (Å²) in [6.45, 7) is 6.04. The van der Waals surface area contributed by atoms with Crippen molar-refractivity contribution in [1.82, 2.24) is 4.57 Å². The summed E-state index contributed by atoms with van der Waals surface area (Å²) >= 11 is 0. The molecule has 1 amide bonds. The molecule has 0 aliphatic carbocycles. The number of para-hydroxylation sites is 2. The Hall–Kier alpha value is -3.54. The van der Waals surface area contributed by atoms with Gasteiger partial charge in [0.15, 0.2) is 6.10 Å². The van der Waals surface area contributed by atoms with Gasteiger partial charge in [-0.1, -0.05) is 42.5 Å². The minimum absolute atomic E-state index is 0.425. The van der Waals surface area contributed by atoms with Crippen molar-refractivity contribution in [2.75, 3.05) is 12.4 Å². The van der Waals surface area contributed by atoms with E-state index in [-0.39, 0.29) is 0 Å². The molecule has 1 aromatic heterocycles. The maximum absolute atomic E-state index is 12.7. The maximum atomic E-state index is 12.7. The molecule has 1 N–H and O–H groups in total. The lowest BCUT2D eigenvalue weighted by atomic mass is 10.2. The Balaban J connectivity index is 1.69. The molecule has 0 spiro atoms. The van der Waals surface area contributed by atoms with Crippen LogP contribution in [0.25, 0.3) is 0 Å². The number of carbonyl (C=O) groups excluding carboxylic acids is 2. The molecule has 1 atom stereocenters. The monoisotopic (exact) mass is 406 g/mol. The zero-order valence-electron chi connectivity index (χ0n) is 17.6. The highest BCUT2D eigenvalue weighted by molar-refractivity contribution is 5.98. The molecule has 6 nitrogen and oxygen atoms in total. The van der Waals surface area contributed by atoms with Gasteiger partial charge in [0.05, 0.1) is 18.4 Å². The van der Waals surface area contributed by atoms with Gasteiger partial charge in [0.2, 0.25) is 0 Å². The van der Waals surface area contributed by atoms with Gasteiger partial charge in [-0.3, -0.25) is 4.79 Å². The van der Waals surface area contributed by atoms with Crippen LogP contribution in [0.2, 0.25) is 0 Å². The van der Waals surface area contributed by atoms with E-state index in [0.717, 1.165) is 17.0 Å². The van der Waals surface area contributed by atoms with Crippen molar-refractivity contribution in [3.63, 3.8) is 0 Å². The summed E-state index contributed by atoms with van der Waals surface area (Å²) in [5.74, 6) is -0.412. The van der Waals surface area contributed by atoms with Crippen molar-refractivity contribution in [1.29, 1.82) is 0 Å². The quantitative estimate of drug-likeness (QED) is 0.593. The average Bonchev–Trinajstić information content (AvgIpc) is 3.03. The summed E-state index contributed by atoms with van der Waals surface area (Å²) in [6, 6.07) is 18.9. The topological polar surface area (TPSA) is 69.6 Å². The number of methoxy groups -OCH3 is 1. The molecule has 3 aromatic rings. The number of hydrogen-bond donors (Lipinski definition) is 1. The molecular formula is C24H26N2O4. The SMILES string of the molecule is COc1ccccc1NC(=O)[C@@H](C)OC(=O)c1cc(C)n(Cc2ccccc2)c1C. The first-order valence-corrected chi connectivity index (χ1v) is 9.76. The summed E-state index contributed by atoms with van der Waals surface area (Å²) in [7, 11) is 1.53. The fourth-order valence-corrected chi connectivity index (χ4v) is 3.28. The van der Waals surface area contributed by atoms with Crippen molar-refractivity contribution in [3.8, 4) is 5.75 Å². The molecule has 6 heteroatoms. The number of benzene rings is 2. The molecule has 0 radical (unpaired) electrons. The zero-order valence-corrected chi connectivity index (χ0v) is 17.6. The van der Waals surface area contributed by atoms with Crippen LogP contribution in [0.3, 0.4) is 0 Å². The third kappa shape index (κ3) is 4.71. The second-order valence-electron chi connectivity index (χ2n) is 7.09. The second-order valence-corrected chi connectivity index (χ2v) is 7.09. The molecule has 0 fully saturated rings. The first kappa shape index (κ1) is 21.2. The lowest BCUT2D eigenvalue weighted by Crippen LogP contribution is -2.30. The largest absolute Gasteiger partial charge is 0.495 e. The van der Waals surface area contributed by atoms with Gasteiger partial charge in [0, 0.05) is 17.9 Å². The Morgan fingerprint density at radius 2 is 1.70 bits per heavy atom. The van der Waals surface area contributed by atoms with Crippen LogP contribution in [0.4, 0.5) is 5.69 Å². The molecule has 30 heavy (non-hydrogen) atoms. The number of nitrogens with zero attached hydrogens (tertiary/aromatic N) is 1. The smallest absolute Gasteiger partial charge is 0.340 e. The van der Waals surface area contributed by atoms with Crippen LogP contribution >= 0.6 is 0 Å². The molecule has 1 heterocycles. The Morgan fingerprint density at radius 1 is 1.03 bits per heavy atom. The van der Waals surface area contributed by atoms with E-state index in [9.17, 15) is 9.59 Å². The van der Waals surface area contributed by atoms with Crippen LogP contribution in [-0.4, -0.2) is 29.7 Å². The van der Waals surface area contributed by atoms with Gasteiger partial charge in [0.25, 0.3) is 5.91 Å². The van der Waals surface area contributed by atoms with E-state index < -0.39 is 18.0 Å². The van der Waals surface area contributed by atoms with Gasteiger partial charge < -0.3 is 19.4 Å². The number of rotatable bonds is 7. The van der Waals surface area contributed by atoms with Crippen LogP contribution < -0.4 is 10.1 Å². The molecule has 0 unspecified atom stereocenters. The number of esters is 1. The molecule has 2 aromatic carbocycles. The van der Waals surface area contributed by atoms with E-state index in [2.05, 4.69) is 9.88 Å². The Bertz CT molecular complexity index is 1040. The highest BCUT2D eigenvalue weighted by atomic mass is 16.5. The van der Waals surface area contributed by atoms with Gasteiger partial charge in [0.1, 0.15) is 5.75 Å². The molecule has 156 valence electrons. The Labute approximate surface area is 176 Å². The lowest BCUT2D eigenvalue weighted by Gasteiger charge is -2.15. The third-order valence-electron chi connectivity index (χ3n) is 4.99. The summed E-state index contributed by atoms with van der Waals surface area (Å²) in [6.07, 6.45) is -0.959. The van der Waals surface area contributed by atoms with Crippen molar-refractivity contribution >= 4 is 17.6 Å². The molecule has 0 bridgehead atoms. The summed E-state index contributed by atoms with van der Waals surface area (Å²) in [5.41, 5.74) is 3.88. The number of nitrogens with one attached hydrogen (secondary N) is 1. The third-order valence-corrected chi connectivity index (χ3v) is 4.99. The summed E-state index contributed by atoms with van der Waals surface area (Å²) < 4.78 is 12.7. The van der Waals surface area contributed by atoms with E-state index in [1.54, 1.807) is 31.2 Å². The number of hydrogen-bond acceptors (Lipinski definition) is 4. The minimum atomic E-state index is -0.959. The first-order chi connectivity index (χ1) is 14.4. The molecule has 0 saturated heterocycles. The predicted octanol–water partition coefficient (Wildman–Crippen LogP) is 4.35. The van der Waals surface area contributed by atoms with Gasteiger partial charge in [-0.05, 0) is 44.5 Å². The second kappa shape index (κ2) is 9.31. The normalized spacial score (nSPS) is 11.6. The standard InChI is InChI=1S/C24H26N2O4/c1-16-14-20(17(2)26(16)15-19-10-6-5-7-11-19)24(28)30-18(3)23(27)25-21-12-8-9-13-22(21)29-4/h5-14,18H,15H2,1-4H3,(H,25,27)/t18-/m1/s1. The van der Waals surface area contributed by atoms with Crippen LogP contribution in [0.5, 0.6) is 5.75 Å². The fourth-order valence-electron chi connectivity index (χ4n) is 3.28. The van der Waals surface area contributed by atoms with Crippen LogP contribution in [0.15, 0.2) is 60.7 Å². The van der Waals surface area contributed by atoms with Crippen LogP contribution in [0.1, 0.15) is 34.2 Å². The fraction of sp³-hybridized carbons (Fsp3) is 0.250. The first-order valence-electron chi connectivity index (χ1n) is 9.76. The number of carbonyl (C=O) groups is 2. The van der Waals surface area contributed by atoms with Crippen LogP contribution in [0, 0.1) is 13.8 Å². The Kier molecular flexibility index (Phi) is 6.57. The van der Waals surface area contributed by atoms with Gasteiger partial charge in [-0.15, -0.1) is 0 Å². The van der Waals surface area contributed by atoms with Crippen LogP contribution in [-0.2, 0) is 16.1 Å². The number of aromatic nitrogens is 1. The van der Waals surface area contributed by atoms with Gasteiger partial charge in [-0.2, -0.15) is 0 Å².